The number of rotatable bonds is 0. The third kappa shape index (κ3) is 10.5. The van der Waals surface area contributed by atoms with E-state index >= 15 is 0 Å². The second-order valence-corrected chi connectivity index (χ2v) is 5.96. The van der Waals surface area contributed by atoms with Gasteiger partial charge in [-0.25, -0.2) is 0 Å². The van der Waals surface area contributed by atoms with E-state index in [-0.39, 0.29) is 22.9 Å². The van der Waals surface area contributed by atoms with Crippen LogP contribution in [0.1, 0.15) is 5.69 Å². The number of hydrogen-bond donors (Lipinski definition) is 5. The van der Waals surface area contributed by atoms with Crippen molar-refractivity contribution in [1.29, 1.82) is 0 Å². The molecule has 0 aliphatic rings. The Kier molecular flexibility index (Phi) is 8.63. The second kappa shape index (κ2) is 9.63. The first-order valence-electron chi connectivity index (χ1n) is 5.77. The third-order valence-electron chi connectivity index (χ3n) is 1.67. The zero-order valence-electron chi connectivity index (χ0n) is 12.3. The molecule has 0 saturated heterocycles. The Morgan fingerprint density at radius 2 is 1.59 bits per heavy atom. The van der Waals surface area contributed by atoms with Crippen LogP contribution in [0.5, 0.6) is 0 Å². The summed E-state index contributed by atoms with van der Waals surface area (Å²) in [4.78, 5) is 32.0. The number of nitrogens with two attached hydrogens (primary N) is 2. The van der Waals surface area contributed by atoms with Crippen molar-refractivity contribution < 1.29 is 4.21 Å². The molecule has 0 bridgehead atoms. The molecule has 0 fully saturated rings. The Morgan fingerprint density at radius 1 is 1.09 bits per heavy atom. The summed E-state index contributed by atoms with van der Waals surface area (Å²) in [7, 11) is -0.611. The third-order valence-corrected chi connectivity index (χ3v) is 1.88. The lowest BCUT2D eigenvalue weighted by molar-refractivity contribution is 0.690. The molecule has 122 valence electrons. The topological polar surface area (TPSA) is 164 Å². The second-order valence-electron chi connectivity index (χ2n) is 4.07. The largest absolute Gasteiger partial charge is 0.383 e. The first kappa shape index (κ1) is 19.7. The predicted octanol–water partition coefficient (Wildman–Crippen LogP) is -0.330. The van der Waals surface area contributed by atoms with Gasteiger partial charge in [0.15, 0.2) is 4.77 Å². The smallest absolute Gasteiger partial charge is 0.254 e. The average Bonchev–Trinajstić information content (AvgIpc) is 2.23. The lowest BCUT2D eigenvalue weighted by Gasteiger charge is -1.90. The molecule has 0 aliphatic carbocycles. The lowest BCUT2D eigenvalue weighted by Crippen LogP contribution is -2.11. The molecule has 9 nitrogen and oxygen atoms in total. The minimum atomic E-state index is -0.611. The fourth-order valence-corrected chi connectivity index (χ4v) is 1.35. The highest BCUT2D eigenvalue weighted by atomic mass is 32.2. The van der Waals surface area contributed by atoms with Crippen LogP contribution in [0.15, 0.2) is 21.7 Å². The number of aromatic amines is 3. The summed E-state index contributed by atoms with van der Waals surface area (Å²) in [5.74, 6) is 0.177. The molecule has 0 spiro atoms. The van der Waals surface area contributed by atoms with Crippen LogP contribution in [0.3, 0.4) is 0 Å². The minimum absolute atomic E-state index is 0.0417. The van der Waals surface area contributed by atoms with Crippen LogP contribution in [0.2, 0.25) is 0 Å². The van der Waals surface area contributed by atoms with Crippen LogP contribution < -0.4 is 22.6 Å². The molecule has 0 amide bonds. The van der Waals surface area contributed by atoms with E-state index < -0.39 is 10.8 Å². The molecule has 0 aromatic carbocycles. The highest BCUT2D eigenvalue weighted by Gasteiger charge is 1.89. The molecule has 2 heterocycles. The van der Waals surface area contributed by atoms with Crippen molar-refractivity contribution in [2.24, 2.45) is 0 Å². The van der Waals surface area contributed by atoms with E-state index in [4.69, 9.17) is 11.5 Å². The molecule has 22 heavy (non-hydrogen) atoms. The van der Waals surface area contributed by atoms with E-state index in [0.717, 1.165) is 11.8 Å². The highest BCUT2D eigenvalue weighted by molar-refractivity contribution is 7.83. The molecule has 0 saturated carbocycles. The van der Waals surface area contributed by atoms with Crippen molar-refractivity contribution in [2.45, 2.75) is 6.92 Å². The fourth-order valence-electron chi connectivity index (χ4n) is 1.09. The number of nitrogen functional groups attached to an aromatic ring is 2. The van der Waals surface area contributed by atoms with Crippen LogP contribution in [0.4, 0.5) is 11.8 Å². The van der Waals surface area contributed by atoms with Gasteiger partial charge in [0.05, 0.1) is 0 Å². The van der Waals surface area contributed by atoms with Crippen molar-refractivity contribution >= 4 is 34.8 Å². The number of aryl methyl sites for hydroxylation is 1. The quantitative estimate of drug-likeness (QED) is 0.408. The van der Waals surface area contributed by atoms with Crippen molar-refractivity contribution in [3.63, 3.8) is 0 Å². The molecule has 2 aromatic heterocycles. The minimum Gasteiger partial charge on any atom is -0.383 e. The Morgan fingerprint density at radius 3 is 1.95 bits per heavy atom. The summed E-state index contributed by atoms with van der Waals surface area (Å²) in [5.41, 5.74) is 10.6. The number of hydrogen-bond acceptors (Lipinski definition) is 7. The maximum absolute atomic E-state index is 10.6. The van der Waals surface area contributed by atoms with Gasteiger partial charge < -0.3 is 16.5 Å². The molecule has 0 unspecified atom stereocenters. The summed E-state index contributed by atoms with van der Waals surface area (Å²) in [6, 6.07) is 2.62. The number of H-pyrrole nitrogens is 3. The standard InChI is InChI=1S/C5H6N2OS.C4H6N4O.C2H6OS/c1-3-2-4(8)7-5(9)6-3;5-2-1-3(9)8-4(6)7-2;1-4(2)3/h2H,1H3,(H2,6,7,8,9);1H,(H5,5,6,7,8,9);1-2H3. The van der Waals surface area contributed by atoms with E-state index in [1.165, 1.54) is 6.07 Å². The van der Waals surface area contributed by atoms with Gasteiger partial charge in [0.1, 0.15) is 5.82 Å². The van der Waals surface area contributed by atoms with Gasteiger partial charge in [-0.3, -0.25) is 23.8 Å². The summed E-state index contributed by atoms with van der Waals surface area (Å²) in [5, 5.41) is 0. The SMILES string of the molecule is CS(C)=O.Cc1cc(=O)[nH]c(=S)[nH]1.Nc1cc(=O)[nH]c(N)n1. The van der Waals surface area contributed by atoms with Crippen molar-refractivity contribution in [3.05, 3.63) is 43.3 Å². The summed E-state index contributed by atoms with van der Waals surface area (Å²) < 4.78 is 9.93. The molecule has 0 aliphatic heterocycles. The van der Waals surface area contributed by atoms with Gasteiger partial charge in [0.25, 0.3) is 11.1 Å². The molecular weight excluding hydrogens is 328 g/mol. The number of nitrogens with zero attached hydrogens (tertiary/aromatic N) is 1. The summed E-state index contributed by atoms with van der Waals surface area (Å²) in [6.07, 6.45) is 3.28. The van der Waals surface area contributed by atoms with Gasteiger partial charge >= 0.3 is 0 Å². The van der Waals surface area contributed by atoms with E-state index in [1.807, 2.05) is 0 Å². The van der Waals surface area contributed by atoms with Gasteiger partial charge in [-0.1, -0.05) is 0 Å². The van der Waals surface area contributed by atoms with Gasteiger partial charge in [0, 0.05) is 41.1 Å². The van der Waals surface area contributed by atoms with E-state index in [2.05, 4.69) is 32.2 Å². The van der Waals surface area contributed by atoms with Crippen LogP contribution in [0.25, 0.3) is 0 Å². The van der Waals surface area contributed by atoms with Crippen LogP contribution in [-0.4, -0.2) is 36.7 Å². The molecule has 7 N–H and O–H groups in total. The number of nitrogens with one attached hydrogen (secondary N) is 3. The molecule has 0 atom stereocenters. The van der Waals surface area contributed by atoms with Crippen LogP contribution >= 0.6 is 12.2 Å². The Hall–Kier alpha value is -2.27. The van der Waals surface area contributed by atoms with Gasteiger partial charge in [0.2, 0.25) is 5.95 Å². The average molecular weight is 346 g/mol. The van der Waals surface area contributed by atoms with Crippen LogP contribution in [0, 0.1) is 11.7 Å². The number of aromatic nitrogens is 4. The fraction of sp³-hybridized carbons (Fsp3) is 0.273. The Labute approximate surface area is 133 Å². The van der Waals surface area contributed by atoms with Crippen LogP contribution in [-0.2, 0) is 10.8 Å². The van der Waals surface area contributed by atoms with E-state index in [9.17, 15) is 13.8 Å². The van der Waals surface area contributed by atoms with Gasteiger partial charge in [-0.2, -0.15) is 4.98 Å². The highest BCUT2D eigenvalue weighted by Crippen LogP contribution is 1.90. The first-order valence-corrected chi connectivity index (χ1v) is 8.15. The van der Waals surface area contributed by atoms with Gasteiger partial charge in [-0.15, -0.1) is 0 Å². The zero-order valence-corrected chi connectivity index (χ0v) is 13.9. The maximum Gasteiger partial charge on any atom is 0.254 e. The molecule has 2 rings (SSSR count). The molecular formula is C11H18N6O3S2. The summed E-state index contributed by atoms with van der Waals surface area (Å²) in [6.45, 7) is 1.78. The Bertz CT molecular complexity index is 740. The lowest BCUT2D eigenvalue weighted by atomic mass is 10.5. The van der Waals surface area contributed by atoms with Gasteiger partial charge in [-0.05, 0) is 19.1 Å². The van der Waals surface area contributed by atoms with E-state index in [1.54, 1.807) is 19.4 Å². The molecule has 2 aromatic rings. The molecule has 0 radical (unpaired) electrons. The zero-order chi connectivity index (χ0) is 17.3. The van der Waals surface area contributed by atoms with Crippen molar-refractivity contribution in [1.82, 2.24) is 19.9 Å². The summed E-state index contributed by atoms with van der Waals surface area (Å²) >= 11 is 4.68. The monoisotopic (exact) mass is 346 g/mol. The molecule has 11 heteroatoms. The number of anilines is 2. The predicted molar refractivity (Wildman–Crippen MR) is 90.7 cm³/mol. The first-order chi connectivity index (χ1) is 10.1. The Balaban J connectivity index is 0.000000326. The normalized spacial score (nSPS) is 9.27. The van der Waals surface area contributed by atoms with Crippen molar-refractivity contribution in [3.8, 4) is 0 Å². The van der Waals surface area contributed by atoms with E-state index in [0.29, 0.717) is 4.77 Å². The van der Waals surface area contributed by atoms with Crippen molar-refractivity contribution in [2.75, 3.05) is 24.0 Å². The maximum atomic E-state index is 10.6.